The molecule has 1 aromatic heterocycles. The highest BCUT2D eigenvalue weighted by Gasteiger charge is 2.38. The molecule has 1 aromatic carbocycles. The number of hydrogen-bond donors (Lipinski definition) is 3. The molecule has 3 rings (SSSR count). The molecule has 30 heavy (non-hydrogen) atoms. The summed E-state index contributed by atoms with van der Waals surface area (Å²) in [6.45, 7) is 2.75. The number of carboxylic acids is 2. The molecule has 12 heteroatoms. The number of alkyl halides is 3. The molecule has 0 bridgehead atoms. The number of aromatic carboxylic acids is 1. The van der Waals surface area contributed by atoms with Crippen LogP contribution in [0.1, 0.15) is 22.5 Å². The Labute approximate surface area is 174 Å². The molecule has 1 aliphatic rings. The van der Waals surface area contributed by atoms with Crippen LogP contribution in [0, 0.1) is 0 Å². The van der Waals surface area contributed by atoms with Crippen LogP contribution in [-0.2, 0) is 11.3 Å². The Morgan fingerprint density at radius 2 is 1.87 bits per heavy atom. The van der Waals surface area contributed by atoms with Crippen LogP contribution in [0.5, 0.6) is 0 Å². The number of rotatable bonds is 5. The van der Waals surface area contributed by atoms with Crippen molar-refractivity contribution in [3.05, 3.63) is 52.8 Å². The number of aromatic nitrogens is 2. The minimum absolute atomic E-state index is 0.0418. The zero-order valence-electron chi connectivity index (χ0n) is 15.4. The van der Waals surface area contributed by atoms with Crippen molar-refractivity contribution in [2.75, 3.05) is 18.4 Å². The second-order valence-electron chi connectivity index (χ2n) is 6.35. The number of carboxylic acid groups (broad SMARTS) is 2. The highest BCUT2D eigenvalue weighted by molar-refractivity contribution is 6.33. The molecule has 1 fully saturated rings. The van der Waals surface area contributed by atoms with Gasteiger partial charge in [-0.25, -0.2) is 19.6 Å². The first kappa shape index (κ1) is 23.4. The highest BCUT2D eigenvalue weighted by atomic mass is 35.5. The third-order valence-electron chi connectivity index (χ3n) is 4.04. The number of aliphatic carboxylic acids is 1. The maximum Gasteiger partial charge on any atom is 0.490 e. The smallest absolute Gasteiger partial charge is 0.476 e. The molecule has 1 aliphatic heterocycles. The van der Waals surface area contributed by atoms with E-state index in [1.54, 1.807) is 0 Å². The molecule has 0 spiro atoms. The fraction of sp³-hybridized carbons (Fsp3) is 0.333. The average Bonchev–Trinajstić information content (AvgIpc) is 3.10. The van der Waals surface area contributed by atoms with Gasteiger partial charge in [0.05, 0.1) is 11.2 Å². The van der Waals surface area contributed by atoms with E-state index in [-0.39, 0.29) is 16.8 Å². The third kappa shape index (κ3) is 7.16. The fourth-order valence-electron chi connectivity index (χ4n) is 2.70. The summed E-state index contributed by atoms with van der Waals surface area (Å²) < 4.78 is 31.7. The standard InChI is InChI=1S/C16H17ClN4O2.C2HF3O2/c17-13-8-18-16(20-14(13)15(22)23)19-12-6-7-21(10-12)9-11-4-2-1-3-5-11;3-2(4,5)1(6)7/h1-5,8,12H,6-7,9-10H2,(H,22,23)(H,18,19,20);(H,6,7). The van der Waals surface area contributed by atoms with E-state index in [0.717, 1.165) is 26.1 Å². The second-order valence-corrected chi connectivity index (χ2v) is 6.76. The van der Waals surface area contributed by atoms with Gasteiger partial charge in [-0.15, -0.1) is 0 Å². The number of anilines is 1. The van der Waals surface area contributed by atoms with Crippen LogP contribution >= 0.6 is 11.6 Å². The zero-order valence-corrected chi connectivity index (χ0v) is 16.2. The molecule has 0 saturated carbocycles. The molecular formula is C18H18ClF3N4O4. The molecule has 2 aromatic rings. The number of benzene rings is 1. The number of halogens is 4. The molecule has 162 valence electrons. The summed E-state index contributed by atoms with van der Waals surface area (Å²) in [5, 5.41) is 19.4. The third-order valence-corrected chi connectivity index (χ3v) is 4.32. The van der Waals surface area contributed by atoms with Crippen molar-refractivity contribution in [2.45, 2.75) is 25.2 Å². The van der Waals surface area contributed by atoms with Crippen molar-refractivity contribution in [3.8, 4) is 0 Å². The predicted molar refractivity (Wildman–Crippen MR) is 101 cm³/mol. The molecule has 1 atom stereocenters. The van der Waals surface area contributed by atoms with Crippen molar-refractivity contribution < 1.29 is 33.0 Å². The number of nitrogens with one attached hydrogen (secondary N) is 1. The van der Waals surface area contributed by atoms with E-state index in [2.05, 4.69) is 32.3 Å². The van der Waals surface area contributed by atoms with Gasteiger partial charge in [0.15, 0.2) is 5.69 Å². The zero-order chi connectivity index (χ0) is 22.3. The number of nitrogens with zero attached hydrogens (tertiary/aromatic N) is 3. The fourth-order valence-corrected chi connectivity index (χ4v) is 2.88. The minimum Gasteiger partial charge on any atom is -0.476 e. The van der Waals surface area contributed by atoms with Crippen molar-refractivity contribution in [3.63, 3.8) is 0 Å². The van der Waals surface area contributed by atoms with Crippen LogP contribution in [0.15, 0.2) is 36.5 Å². The number of likely N-dealkylation sites (tertiary alicyclic amines) is 1. The monoisotopic (exact) mass is 446 g/mol. The predicted octanol–water partition coefficient (Wildman–Crippen LogP) is 3.15. The first-order chi connectivity index (χ1) is 14.1. The Balaban J connectivity index is 0.000000396. The first-order valence-corrected chi connectivity index (χ1v) is 9.03. The SMILES string of the molecule is O=C(O)C(F)(F)F.O=C(O)c1nc(NC2CCN(Cc3ccccc3)C2)ncc1Cl. The molecule has 1 unspecified atom stereocenters. The Bertz CT molecular complexity index is 883. The summed E-state index contributed by atoms with van der Waals surface area (Å²) in [4.78, 5) is 30.3. The minimum atomic E-state index is -5.08. The normalized spacial score (nSPS) is 16.5. The van der Waals surface area contributed by atoms with Gasteiger partial charge in [0, 0.05) is 25.7 Å². The van der Waals surface area contributed by atoms with Crippen LogP contribution in [-0.4, -0.2) is 62.3 Å². The summed E-state index contributed by atoms with van der Waals surface area (Å²) in [7, 11) is 0. The summed E-state index contributed by atoms with van der Waals surface area (Å²) in [5.74, 6) is -3.61. The first-order valence-electron chi connectivity index (χ1n) is 8.65. The van der Waals surface area contributed by atoms with Crippen LogP contribution in [0.3, 0.4) is 0 Å². The molecule has 3 N–H and O–H groups in total. The Hall–Kier alpha value is -2.92. The van der Waals surface area contributed by atoms with Gasteiger partial charge in [-0.2, -0.15) is 13.2 Å². The summed E-state index contributed by atoms with van der Waals surface area (Å²) in [6.07, 6.45) is -2.81. The average molecular weight is 447 g/mol. The lowest BCUT2D eigenvalue weighted by atomic mass is 10.2. The lowest BCUT2D eigenvalue weighted by Gasteiger charge is -2.17. The van der Waals surface area contributed by atoms with E-state index < -0.39 is 18.1 Å². The second kappa shape index (κ2) is 10.2. The van der Waals surface area contributed by atoms with E-state index in [0.29, 0.717) is 5.95 Å². The van der Waals surface area contributed by atoms with Gasteiger partial charge in [0.25, 0.3) is 0 Å². The lowest BCUT2D eigenvalue weighted by Crippen LogP contribution is -2.27. The highest BCUT2D eigenvalue weighted by Crippen LogP contribution is 2.18. The van der Waals surface area contributed by atoms with E-state index in [1.807, 2.05) is 18.2 Å². The molecular weight excluding hydrogens is 429 g/mol. The van der Waals surface area contributed by atoms with Gasteiger partial charge in [-0.05, 0) is 12.0 Å². The van der Waals surface area contributed by atoms with E-state index in [1.165, 1.54) is 11.8 Å². The van der Waals surface area contributed by atoms with Crippen LogP contribution < -0.4 is 5.32 Å². The van der Waals surface area contributed by atoms with Gasteiger partial charge in [0.2, 0.25) is 5.95 Å². The molecule has 0 aliphatic carbocycles. The van der Waals surface area contributed by atoms with E-state index in [9.17, 15) is 18.0 Å². The summed E-state index contributed by atoms with van der Waals surface area (Å²) in [6, 6.07) is 10.5. The van der Waals surface area contributed by atoms with Gasteiger partial charge < -0.3 is 15.5 Å². The van der Waals surface area contributed by atoms with Crippen LogP contribution in [0.25, 0.3) is 0 Å². The van der Waals surface area contributed by atoms with Crippen molar-refractivity contribution >= 4 is 29.5 Å². The van der Waals surface area contributed by atoms with Crippen molar-refractivity contribution in [1.82, 2.24) is 14.9 Å². The van der Waals surface area contributed by atoms with E-state index >= 15 is 0 Å². The van der Waals surface area contributed by atoms with Gasteiger partial charge in [0.1, 0.15) is 0 Å². The molecule has 8 nitrogen and oxygen atoms in total. The quantitative estimate of drug-likeness (QED) is 0.641. The van der Waals surface area contributed by atoms with Crippen molar-refractivity contribution in [2.24, 2.45) is 0 Å². The Morgan fingerprint density at radius 1 is 1.23 bits per heavy atom. The van der Waals surface area contributed by atoms with Crippen molar-refractivity contribution in [1.29, 1.82) is 0 Å². The topological polar surface area (TPSA) is 116 Å². The molecule has 0 radical (unpaired) electrons. The largest absolute Gasteiger partial charge is 0.490 e. The van der Waals surface area contributed by atoms with Crippen LogP contribution in [0.2, 0.25) is 5.02 Å². The Kier molecular flexibility index (Phi) is 7.95. The van der Waals surface area contributed by atoms with Gasteiger partial charge >= 0.3 is 18.1 Å². The number of carbonyl (C=O) groups is 2. The lowest BCUT2D eigenvalue weighted by molar-refractivity contribution is -0.192. The number of hydrogen-bond acceptors (Lipinski definition) is 6. The maximum absolute atomic E-state index is 11.1. The van der Waals surface area contributed by atoms with Gasteiger partial charge in [-0.1, -0.05) is 41.9 Å². The Morgan fingerprint density at radius 3 is 2.43 bits per heavy atom. The summed E-state index contributed by atoms with van der Waals surface area (Å²) in [5.41, 5.74) is 1.10. The van der Waals surface area contributed by atoms with Crippen LogP contribution in [0.4, 0.5) is 19.1 Å². The van der Waals surface area contributed by atoms with Gasteiger partial charge in [-0.3, -0.25) is 4.90 Å². The van der Waals surface area contributed by atoms with E-state index in [4.69, 9.17) is 26.6 Å². The molecule has 0 amide bonds. The molecule has 2 heterocycles. The maximum atomic E-state index is 11.1. The summed E-state index contributed by atoms with van der Waals surface area (Å²) >= 11 is 5.78. The molecule has 1 saturated heterocycles.